The highest BCUT2D eigenvalue weighted by atomic mass is 16.3. The monoisotopic (exact) mass is 275 g/mol. The Morgan fingerprint density at radius 3 is 2.60 bits per heavy atom. The fourth-order valence-electron chi connectivity index (χ4n) is 2.34. The number of aromatic amines is 1. The van der Waals surface area contributed by atoms with Gasteiger partial charge >= 0.3 is 0 Å². The molecular weight excluding hydrogens is 254 g/mol. The van der Waals surface area contributed by atoms with E-state index in [0.717, 1.165) is 44.2 Å². The second kappa shape index (κ2) is 6.93. The Balaban J connectivity index is 1.64. The molecule has 20 heavy (non-hydrogen) atoms. The molecule has 0 aromatic carbocycles. The van der Waals surface area contributed by atoms with Crippen molar-refractivity contribution in [3.05, 3.63) is 46.1 Å². The largest absolute Gasteiger partial charge is 0.508 e. The number of nitrogens with zero attached hydrogens (tertiary/aromatic N) is 2. The van der Waals surface area contributed by atoms with Crippen molar-refractivity contribution in [1.82, 2.24) is 14.8 Å². The van der Waals surface area contributed by atoms with Gasteiger partial charge in [0, 0.05) is 30.7 Å². The number of H-pyrrole nitrogens is 1. The molecule has 5 heteroatoms. The Labute approximate surface area is 118 Å². The van der Waals surface area contributed by atoms with E-state index < -0.39 is 0 Å². The number of hydrogen-bond donors (Lipinski definition) is 2. The normalized spacial score (nSPS) is 10.8. The van der Waals surface area contributed by atoms with E-state index >= 15 is 0 Å². The van der Waals surface area contributed by atoms with Crippen molar-refractivity contribution < 1.29 is 5.11 Å². The van der Waals surface area contributed by atoms with Crippen LogP contribution in [-0.4, -0.2) is 19.9 Å². The first-order valence-electron chi connectivity index (χ1n) is 7.04. The summed E-state index contributed by atoms with van der Waals surface area (Å²) in [4.78, 5) is 13.9. The van der Waals surface area contributed by atoms with Gasteiger partial charge in [-0.05, 0) is 37.8 Å². The minimum Gasteiger partial charge on any atom is -0.508 e. The average Bonchev–Trinajstić information content (AvgIpc) is 2.78. The standard InChI is InChI=1S/C15H21N3O2/c1-18-13(8-9-16-18)7-5-3-2-4-6-12-10-14(19)11-15(20)17-12/h8-11H,2-7H2,1H3,(H2,17,19,20). The highest BCUT2D eigenvalue weighted by molar-refractivity contribution is 5.20. The first kappa shape index (κ1) is 14.4. The van der Waals surface area contributed by atoms with Crippen LogP contribution in [0.25, 0.3) is 0 Å². The van der Waals surface area contributed by atoms with Crippen LogP contribution in [0.2, 0.25) is 0 Å². The maximum atomic E-state index is 11.2. The maximum Gasteiger partial charge on any atom is 0.251 e. The zero-order chi connectivity index (χ0) is 14.4. The molecule has 0 aliphatic carbocycles. The van der Waals surface area contributed by atoms with Crippen LogP contribution in [0.5, 0.6) is 5.75 Å². The zero-order valence-electron chi connectivity index (χ0n) is 11.8. The van der Waals surface area contributed by atoms with E-state index in [-0.39, 0.29) is 11.3 Å². The van der Waals surface area contributed by atoms with Crippen LogP contribution in [0.1, 0.15) is 37.1 Å². The molecular formula is C15H21N3O2. The predicted octanol–water partition coefficient (Wildman–Crippen LogP) is 2.16. The number of aromatic nitrogens is 3. The molecule has 2 aromatic rings. The summed E-state index contributed by atoms with van der Waals surface area (Å²) in [7, 11) is 1.97. The maximum absolute atomic E-state index is 11.2. The number of unbranched alkanes of at least 4 members (excludes halogenated alkanes) is 3. The zero-order valence-corrected chi connectivity index (χ0v) is 11.8. The van der Waals surface area contributed by atoms with Gasteiger partial charge in [0.05, 0.1) is 0 Å². The van der Waals surface area contributed by atoms with Crippen LogP contribution < -0.4 is 5.56 Å². The average molecular weight is 275 g/mol. The summed E-state index contributed by atoms with van der Waals surface area (Å²) in [5.74, 6) is 0.0416. The number of aryl methyl sites for hydroxylation is 3. The molecule has 0 fully saturated rings. The Morgan fingerprint density at radius 1 is 1.20 bits per heavy atom. The Morgan fingerprint density at radius 2 is 1.95 bits per heavy atom. The van der Waals surface area contributed by atoms with Gasteiger partial charge in [-0.1, -0.05) is 12.8 Å². The van der Waals surface area contributed by atoms with Crippen molar-refractivity contribution in [1.29, 1.82) is 0 Å². The number of rotatable bonds is 7. The second-order valence-corrected chi connectivity index (χ2v) is 5.09. The minimum atomic E-state index is -0.240. The number of nitrogens with one attached hydrogen (secondary N) is 1. The van der Waals surface area contributed by atoms with Crippen LogP contribution in [0.3, 0.4) is 0 Å². The Hall–Kier alpha value is -2.04. The van der Waals surface area contributed by atoms with Gasteiger partial charge in [0.2, 0.25) is 0 Å². The van der Waals surface area contributed by atoms with Crippen molar-refractivity contribution in [3.63, 3.8) is 0 Å². The summed E-state index contributed by atoms with van der Waals surface area (Å²) in [6.07, 6.45) is 8.13. The topological polar surface area (TPSA) is 70.9 Å². The molecule has 2 N–H and O–H groups in total. The van der Waals surface area contributed by atoms with E-state index in [1.54, 1.807) is 6.07 Å². The van der Waals surface area contributed by atoms with Crippen LogP contribution in [-0.2, 0) is 19.9 Å². The van der Waals surface area contributed by atoms with Crippen molar-refractivity contribution in [3.8, 4) is 5.75 Å². The summed E-state index contributed by atoms with van der Waals surface area (Å²) in [5, 5.41) is 13.5. The van der Waals surface area contributed by atoms with Crippen molar-refractivity contribution in [2.75, 3.05) is 0 Å². The van der Waals surface area contributed by atoms with Crippen LogP contribution in [0.4, 0.5) is 0 Å². The van der Waals surface area contributed by atoms with Gasteiger partial charge in [0.15, 0.2) is 0 Å². The third kappa shape index (κ3) is 4.26. The second-order valence-electron chi connectivity index (χ2n) is 5.09. The highest BCUT2D eigenvalue weighted by Gasteiger charge is 2.00. The van der Waals surface area contributed by atoms with Crippen LogP contribution in [0, 0.1) is 0 Å². The van der Waals surface area contributed by atoms with E-state index in [1.807, 2.05) is 17.9 Å². The van der Waals surface area contributed by atoms with E-state index in [2.05, 4.69) is 16.1 Å². The molecule has 0 aliphatic heterocycles. The lowest BCUT2D eigenvalue weighted by molar-refractivity contribution is 0.472. The predicted molar refractivity (Wildman–Crippen MR) is 77.8 cm³/mol. The summed E-state index contributed by atoms with van der Waals surface area (Å²) in [6.45, 7) is 0. The molecule has 0 aliphatic rings. The van der Waals surface area contributed by atoms with E-state index in [0.29, 0.717) is 0 Å². The Kier molecular flexibility index (Phi) is 4.98. The summed E-state index contributed by atoms with van der Waals surface area (Å²) in [5.41, 5.74) is 1.83. The summed E-state index contributed by atoms with van der Waals surface area (Å²) >= 11 is 0. The van der Waals surface area contributed by atoms with Gasteiger partial charge < -0.3 is 10.1 Å². The molecule has 0 atom stereocenters. The molecule has 2 rings (SSSR count). The van der Waals surface area contributed by atoms with Gasteiger partial charge in [0.1, 0.15) is 5.75 Å². The van der Waals surface area contributed by atoms with Gasteiger partial charge in [-0.3, -0.25) is 9.48 Å². The molecule has 5 nitrogen and oxygen atoms in total. The smallest absolute Gasteiger partial charge is 0.251 e. The Bertz CT molecular complexity index is 601. The van der Waals surface area contributed by atoms with Crippen molar-refractivity contribution in [2.45, 2.75) is 38.5 Å². The molecule has 2 aromatic heterocycles. The third-order valence-electron chi connectivity index (χ3n) is 3.44. The molecule has 0 saturated heterocycles. The molecule has 0 unspecified atom stereocenters. The lowest BCUT2D eigenvalue weighted by Gasteiger charge is -2.04. The van der Waals surface area contributed by atoms with E-state index in [1.165, 1.54) is 11.8 Å². The van der Waals surface area contributed by atoms with Gasteiger partial charge in [0.25, 0.3) is 5.56 Å². The van der Waals surface area contributed by atoms with Gasteiger partial charge in [-0.15, -0.1) is 0 Å². The molecule has 108 valence electrons. The van der Waals surface area contributed by atoms with Crippen LogP contribution in [0.15, 0.2) is 29.2 Å². The van der Waals surface area contributed by atoms with Gasteiger partial charge in [-0.25, -0.2) is 0 Å². The highest BCUT2D eigenvalue weighted by Crippen LogP contribution is 2.11. The van der Waals surface area contributed by atoms with Crippen LogP contribution >= 0.6 is 0 Å². The molecule has 0 saturated carbocycles. The lowest BCUT2D eigenvalue weighted by atomic mass is 10.1. The number of hydrogen-bond acceptors (Lipinski definition) is 3. The first-order valence-corrected chi connectivity index (χ1v) is 7.04. The van der Waals surface area contributed by atoms with E-state index in [4.69, 9.17) is 0 Å². The molecule has 0 amide bonds. The van der Waals surface area contributed by atoms with Crippen molar-refractivity contribution in [2.24, 2.45) is 7.05 Å². The minimum absolute atomic E-state index is 0.0416. The summed E-state index contributed by atoms with van der Waals surface area (Å²) in [6, 6.07) is 4.87. The number of aromatic hydroxyl groups is 1. The van der Waals surface area contributed by atoms with Crippen molar-refractivity contribution >= 4 is 0 Å². The lowest BCUT2D eigenvalue weighted by Crippen LogP contribution is -2.06. The summed E-state index contributed by atoms with van der Waals surface area (Å²) < 4.78 is 1.91. The van der Waals surface area contributed by atoms with E-state index in [9.17, 15) is 9.90 Å². The quantitative estimate of drug-likeness (QED) is 0.761. The molecule has 2 heterocycles. The molecule has 0 spiro atoms. The fourth-order valence-corrected chi connectivity index (χ4v) is 2.34. The van der Waals surface area contributed by atoms with Gasteiger partial charge in [-0.2, -0.15) is 5.10 Å². The third-order valence-corrected chi connectivity index (χ3v) is 3.44. The molecule has 0 bridgehead atoms. The number of pyridine rings is 1. The SMILES string of the molecule is Cn1nccc1CCCCCCc1cc(O)cc(=O)[nH]1. The first-order chi connectivity index (χ1) is 9.65. The molecule has 0 radical (unpaired) electrons. The fraction of sp³-hybridized carbons (Fsp3) is 0.467.